The van der Waals surface area contributed by atoms with Crippen LogP contribution in [0.4, 0.5) is 5.69 Å². The zero-order chi connectivity index (χ0) is 20.1. The Morgan fingerprint density at radius 3 is 2.18 bits per heavy atom. The molecule has 1 aromatic rings. The van der Waals surface area contributed by atoms with Gasteiger partial charge in [0.15, 0.2) is 5.69 Å². The average molecular weight is 481 g/mol. The zero-order valence-corrected chi connectivity index (χ0v) is 21.4. The SMILES string of the molecule is CS(=O)(=O)Nc1c(O)n(CCS(=O)(=O)[O-])c(=O)n(CCSOO[O-])c1=O.[Na+].[Na+]. The van der Waals surface area contributed by atoms with Crippen LogP contribution in [0.25, 0.3) is 0 Å². The van der Waals surface area contributed by atoms with E-state index in [1.807, 2.05) is 0 Å². The second-order valence-corrected chi connectivity index (χ2v) is 8.74. The molecule has 150 valence electrons. The molecule has 0 atom stereocenters. The maximum Gasteiger partial charge on any atom is 1.00 e. The van der Waals surface area contributed by atoms with Crippen molar-refractivity contribution in [2.75, 3.05) is 22.5 Å². The van der Waals surface area contributed by atoms with Crippen molar-refractivity contribution >= 4 is 37.9 Å². The van der Waals surface area contributed by atoms with Crippen molar-refractivity contribution in [1.29, 1.82) is 0 Å². The van der Waals surface area contributed by atoms with Crippen molar-refractivity contribution in [3.63, 3.8) is 0 Å². The molecule has 0 aliphatic rings. The molecule has 2 N–H and O–H groups in total. The molecule has 0 radical (unpaired) electrons. The number of rotatable bonds is 10. The Hall–Kier alpha value is 0.370. The Morgan fingerprint density at radius 1 is 1.14 bits per heavy atom. The van der Waals surface area contributed by atoms with Gasteiger partial charge < -0.3 is 14.9 Å². The topological polar surface area (TPSA) is 209 Å². The van der Waals surface area contributed by atoms with Gasteiger partial charge in [0, 0.05) is 30.9 Å². The molecule has 0 aliphatic carbocycles. The molecule has 0 saturated heterocycles. The molecule has 0 aromatic carbocycles. The number of sulfonamides is 1. The molecule has 0 saturated carbocycles. The molecule has 0 bridgehead atoms. The summed E-state index contributed by atoms with van der Waals surface area (Å²) in [5, 5.41) is 22.7. The summed E-state index contributed by atoms with van der Waals surface area (Å²) >= 11 is 0.423. The van der Waals surface area contributed by atoms with Crippen molar-refractivity contribution in [3.8, 4) is 5.88 Å². The predicted molar refractivity (Wildman–Crippen MR) is 84.3 cm³/mol. The minimum atomic E-state index is -4.77. The maximum atomic E-state index is 12.3. The first-order valence-corrected chi connectivity index (χ1v) is 10.8. The number of aromatic hydroxyl groups is 1. The van der Waals surface area contributed by atoms with Crippen molar-refractivity contribution in [2.45, 2.75) is 13.1 Å². The number of nitrogens with one attached hydrogen (secondary N) is 1. The first kappa shape index (κ1) is 30.6. The second kappa shape index (κ2) is 12.9. The molecule has 0 unspecified atom stereocenters. The van der Waals surface area contributed by atoms with Gasteiger partial charge in [0.1, 0.15) is 0 Å². The van der Waals surface area contributed by atoms with Crippen LogP contribution in [-0.2, 0) is 42.6 Å². The Labute approximate surface area is 207 Å². The number of nitrogens with zero attached hydrogens (tertiary/aromatic N) is 2. The summed E-state index contributed by atoms with van der Waals surface area (Å²) in [5.74, 6) is -2.43. The molecule has 0 fully saturated rings. The molecule has 14 nitrogen and oxygen atoms in total. The summed E-state index contributed by atoms with van der Waals surface area (Å²) in [5.41, 5.74) is -3.36. The van der Waals surface area contributed by atoms with Crippen molar-refractivity contribution in [3.05, 3.63) is 20.8 Å². The van der Waals surface area contributed by atoms with Gasteiger partial charge in [0.25, 0.3) is 5.56 Å². The van der Waals surface area contributed by atoms with Crippen LogP contribution in [0.15, 0.2) is 9.59 Å². The van der Waals surface area contributed by atoms with E-state index in [2.05, 4.69) is 9.37 Å². The van der Waals surface area contributed by atoms with Gasteiger partial charge in [-0.3, -0.25) is 23.7 Å². The van der Waals surface area contributed by atoms with Crippen LogP contribution < -0.4 is 80.3 Å². The van der Waals surface area contributed by atoms with Gasteiger partial charge in [-0.15, -0.1) is 0 Å². The van der Waals surface area contributed by atoms with E-state index in [0.29, 0.717) is 27.4 Å². The summed E-state index contributed by atoms with van der Waals surface area (Å²) in [6.45, 7) is -1.25. The van der Waals surface area contributed by atoms with Crippen LogP contribution in [0.5, 0.6) is 5.88 Å². The molecular weight excluding hydrogens is 468 g/mol. The molecule has 0 amide bonds. The quantitative estimate of drug-likeness (QED) is 0.0797. The first-order chi connectivity index (χ1) is 11.9. The molecule has 28 heavy (non-hydrogen) atoms. The summed E-state index contributed by atoms with van der Waals surface area (Å²) in [7, 11) is -8.82. The third kappa shape index (κ3) is 9.92. The zero-order valence-electron chi connectivity index (χ0n) is 15.0. The van der Waals surface area contributed by atoms with E-state index in [1.54, 1.807) is 4.72 Å². The van der Waals surface area contributed by atoms with E-state index in [9.17, 15) is 41.3 Å². The molecule has 1 rings (SSSR count). The fraction of sp³-hybridized carbons (Fsp3) is 0.556. The van der Waals surface area contributed by atoms with Crippen LogP contribution in [0, 0.1) is 0 Å². The van der Waals surface area contributed by atoms with Gasteiger partial charge in [0.05, 0.1) is 22.1 Å². The maximum absolute atomic E-state index is 12.3. The van der Waals surface area contributed by atoms with Crippen molar-refractivity contribution in [2.24, 2.45) is 0 Å². The number of hydrogen-bond acceptors (Lipinski definition) is 12. The number of aromatic nitrogens is 2. The summed E-state index contributed by atoms with van der Waals surface area (Å²) < 4.78 is 61.4. The van der Waals surface area contributed by atoms with Crippen LogP contribution in [0.3, 0.4) is 0 Å². The smallest absolute Gasteiger partial charge is 0.748 e. The van der Waals surface area contributed by atoms with Crippen LogP contribution in [0.1, 0.15) is 0 Å². The number of anilines is 1. The van der Waals surface area contributed by atoms with E-state index in [4.69, 9.17) is 0 Å². The monoisotopic (exact) mass is 481 g/mol. The van der Waals surface area contributed by atoms with Crippen LogP contribution >= 0.6 is 12.0 Å². The molecule has 0 spiro atoms. The Bertz CT molecular complexity index is 973. The Kier molecular flexibility index (Phi) is 14.1. The normalized spacial score (nSPS) is 11.4. The van der Waals surface area contributed by atoms with Gasteiger partial charge in [-0.2, -0.15) is 4.33 Å². The van der Waals surface area contributed by atoms with E-state index in [0.717, 1.165) is 0 Å². The van der Waals surface area contributed by atoms with E-state index in [-0.39, 0.29) is 64.9 Å². The second-order valence-electron chi connectivity index (χ2n) is 4.68. The standard InChI is InChI=1S/C9H15N3O11S3.2Na/c1-25(17,18)10-6-7(13)11(2-4-24-23-22-16)9(15)12(8(6)14)3-5-26(19,20)21;;/h10,14,16H,2-5H2,1H3,(H,19,20,21);;/q;2*+1/p-2. The average Bonchev–Trinajstić information content (AvgIpc) is 2.48. The van der Waals surface area contributed by atoms with Gasteiger partial charge in [-0.1, -0.05) is 0 Å². The number of hydrogen-bond donors (Lipinski definition) is 2. The van der Waals surface area contributed by atoms with Crippen molar-refractivity contribution in [1.82, 2.24) is 9.13 Å². The largest absolute Gasteiger partial charge is 1.00 e. The van der Waals surface area contributed by atoms with Crippen molar-refractivity contribution < 1.29 is 100 Å². The Balaban J connectivity index is 0. The summed E-state index contributed by atoms with van der Waals surface area (Å²) in [6, 6.07) is 0. The molecule has 1 aromatic heterocycles. The van der Waals surface area contributed by atoms with Gasteiger partial charge in [-0.05, 0) is 0 Å². The van der Waals surface area contributed by atoms with Gasteiger partial charge in [0.2, 0.25) is 15.9 Å². The van der Waals surface area contributed by atoms with Crippen LogP contribution in [0.2, 0.25) is 0 Å². The third-order valence-corrected chi connectivity index (χ3v) is 4.49. The Morgan fingerprint density at radius 2 is 1.71 bits per heavy atom. The molecular formula is C9H13N3Na2O11S3. The first-order valence-electron chi connectivity index (χ1n) is 6.43. The van der Waals surface area contributed by atoms with Gasteiger partial charge in [-0.25, -0.2) is 21.6 Å². The predicted octanol–water partition coefficient (Wildman–Crippen LogP) is -9.49. The summed E-state index contributed by atoms with van der Waals surface area (Å²) in [4.78, 5) is 24.5. The van der Waals surface area contributed by atoms with Gasteiger partial charge >= 0.3 is 64.8 Å². The molecule has 0 aliphatic heterocycles. The van der Waals surface area contributed by atoms with E-state index in [1.165, 1.54) is 0 Å². The van der Waals surface area contributed by atoms with E-state index < -0.39 is 61.8 Å². The fourth-order valence-electron chi connectivity index (χ4n) is 1.75. The fourth-order valence-corrected chi connectivity index (χ4v) is 3.07. The van der Waals surface area contributed by atoms with E-state index >= 15 is 0 Å². The molecule has 1 heterocycles. The van der Waals surface area contributed by atoms with Crippen LogP contribution in [-0.4, -0.2) is 53.4 Å². The summed E-state index contributed by atoms with van der Waals surface area (Å²) in [6.07, 6.45) is 0.670. The minimum Gasteiger partial charge on any atom is -0.748 e. The minimum absolute atomic E-state index is 0. The molecule has 19 heteroatoms. The third-order valence-electron chi connectivity index (χ3n) is 2.73.